The molecule has 1 N–H and O–H groups in total. The number of piperazine rings is 1. The Labute approximate surface area is 107 Å². The maximum Gasteiger partial charge on any atom is 0.245 e. The summed E-state index contributed by atoms with van der Waals surface area (Å²) in [6, 6.07) is 7.90. The normalized spacial score (nSPS) is 18.1. The first-order valence-corrected chi connectivity index (χ1v) is 6.03. The third-order valence-corrected chi connectivity index (χ3v) is 3.42. The molecular weight excluding hydrogens is 226 g/mol. The van der Waals surface area contributed by atoms with Gasteiger partial charge in [0.1, 0.15) is 11.6 Å². The lowest BCUT2D eigenvalue weighted by Gasteiger charge is -2.43. The lowest BCUT2D eigenvalue weighted by molar-refractivity contribution is -0.126. The van der Waals surface area contributed by atoms with Crippen LogP contribution < -0.4 is 10.2 Å². The van der Waals surface area contributed by atoms with Crippen molar-refractivity contribution < 1.29 is 4.79 Å². The van der Waals surface area contributed by atoms with E-state index in [9.17, 15) is 10.1 Å². The van der Waals surface area contributed by atoms with E-state index >= 15 is 0 Å². The number of aryl methyl sites for hydroxylation is 1. The van der Waals surface area contributed by atoms with Crippen LogP contribution in [0, 0.1) is 18.3 Å². The monoisotopic (exact) mass is 243 g/mol. The maximum atomic E-state index is 11.9. The summed E-state index contributed by atoms with van der Waals surface area (Å²) in [7, 11) is 0. The van der Waals surface area contributed by atoms with Crippen molar-refractivity contribution in [3.05, 3.63) is 29.3 Å². The molecule has 0 aliphatic carbocycles. The molecule has 0 bridgehead atoms. The molecule has 1 fully saturated rings. The Bertz CT molecular complexity index is 528. The molecule has 0 unspecified atom stereocenters. The summed E-state index contributed by atoms with van der Waals surface area (Å²) >= 11 is 0. The van der Waals surface area contributed by atoms with Crippen molar-refractivity contribution in [3.63, 3.8) is 0 Å². The average Bonchev–Trinajstić information content (AvgIpc) is 2.32. The predicted octanol–water partition coefficient (Wildman–Crippen LogP) is 1.58. The van der Waals surface area contributed by atoms with E-state index in [0.29, 0.717) is 12.1 Å². The highest BCUT2D eigenvalue weighted by atomic mass is 16.2. The lowest BCUT2D eigenvalue weighted by Crippen LogP contribution is -2.62. The Morgan fingerprint density at radius 2 is 2.17 bits per heavy atom. The molecule has 4 nitrogen and oxygen atoms in total. The molecule has 0 saturated carbocycles. The molecule has 0 atom stereocenters. The fraction of sp³-hybridized carbons (Fsp3) is 0.429. The average molecular weight is 243 g/mol. The van der Waals surface area contributed by atoms with Crippen molar-refractivity contribution in [3.8, 4) is 6.07 Å². The number of nitrogens with zero attached hydrogens (tertiary/aromatic N) is 2. The second-order valence-corrected chi connectivity index (χ2v) is 5.10. The van der Waals surface area contributed by atoms with Crippen molar-refractivity contribution in [2.24, 2.45) is 0 Å². The van der Waals surface area contributed by atoms with Crippen molar-refractivity contribution in [1.82, 2.24) is 5.32 Å². The molecule has 1 heterocycles. The number of nitrogens with one attached hydrogen (secondary N) is 1. The van der Waals surface area contributed by atoms with Crippen molar-refractivity contribution in [1.29, 1.82) is 5.26 Å². The van der Waals surface area contributed by atoms with Gasteiger partial charge in [-0.25, -0.2) is 0 Å². The Hall–Kier alpha value is -2.02. The van der Waals surface area contributed by atoms with Gasteiger partial charge in [-0.1, -0.05) is 6.07 Å². The smallest absolute Gasteiger partial charge is 0.245 e. The number of hydrogen-bond acceptors (Lipinski definition) is 3. The standard InChI is InChI=1S/C14H17N3O/c1-10-4-5-11(9-15)12(8-10)17-7-6-16-13(18)14(17,2)3/h4-5,8H,6-7H2,1-3H3,(H,16,18). The minimum atomic E-state index is -0.627. The Balaban J connectivity index is 2.51. The molecule has 1 aliphatic rings. The quantitative estimate of drug-likeness (QED) is 0.814. The number of benzene rings is 1. The first-order chi connectivity index (χ1) is 8.46. The molecule has 0 spiro atoms. The molecule has 4 heteroatoms. The first kappa shape index (κ1) is 12.4. The molecule has 94 valence electrons. The number of carbonyl (C=O) groups is 1. The van der Waals surface area contributed by atoms with Crippen molar-refractivity contribution in [2.45, 2.75) is 26.3 Å². The number of carbonyl (C=O) groups excluding carboxylic acids is 1. The zero-order valence-corrected chi connectivity index (χ0v) is 10.9. The summed E-state index contributed by atoms with van der Waals surface area (Å²) in [5.74, 6) is -0.000791. The Morgan fingerprint density at radius 1 is 1.44 bits per heavy atom. The van der Waals surface area contributed by atoms with E-state index in [2.05, 4.69) is 11.4 Å². The van der Waals surface area contributed by atoms with Crippen molar-refractivity contribution in [2.75, 3.05) is 18.0 Å². The maximum absolute atomic E-state index is 11.9. The van der Waals surface area contributed by atoms with Gasteiger partial charge in [0.15, 0.2) is 0 Å². The molecule has 1 aromatic rings. The summed E-state index contributed by atoms with van der Waals surface area (Å²) in [5.41, 5.74) is 1.92. The highest BCUT2D eigenvalue weighted by molar-refractivity contribution is 5.91. The van der Waals surface area contributed by atoms with Crippen LogP contribution in [0.2, 0.25) is 0 Å². The number of hydrogen-bond donors (Lipinski definition) is 1. The molecule has 1 aromatic carbocycles. The van der Waals surface area contributed by atoms with Crippen LogP contribution in [0.5, 0.6) is 0 Å². The van der Waals surface area contributed by atoms with Crippen LogP contribution in [0.4, 0.5) is 5.69 Å². The molecule has 0 radical (unpaired) electrons. The predicted molar refractivity (Wildman–Crippen MR) is 70.3 cm³/mol. The molecule has 2 rings (SSSR count). The van der Waals surface area contributed by atoms with Gasteiger partial charge in [0.05, 0.1) is 11.3 Å². The van der Waals surface area contributed by atoms with Crippen LogP contribution in [0.1, 0.15) is 25.0 Å². The minimum absolute atomic E-state index is 0.000791. The van der Waals surface area contributed by atoms with Crippen LogP contribution in [0.15, 0.2) is 18.2 Å². The molecular formula is C14H17N3O. The third kappa shape index (κ3) is 1.92. The second-order valence-electron chi connectivity index (χ2n) is 5.10. The van der Waals surface area contributed by atoms with Crippen LogP contribution >= 0.6 is 0 Å². The van der Waals surface area contributed by atoms with Gasteiger partial charge in [-0.15, -0.1) is 0 Å². The molecule has 1 saturated heterocycles. The molecule has 0 aromatic heterocycles. The fourth-order valence-corrected chi connectivity index (χ4v) is 2.28. The number of nitriles is 1. The number of anilines is 1. The first-order valence-electron chi connectivity index (χ1n) is 6.03. The van der Waals surface area contributed by atoms with E-state index in [-0.39, 0.29) is 5.91 Å². The zero-order valence-electron chi connectivity index (χ0n) is 10.9. The Kier molecular flexibility index (Phi) is 3.00. The highest BCUT2D eigenvalue weighted by Crippen LogP contribution is 2.29. The van der Waals surface area contributed by atoms with Crippen LogP contribution in [-0.2, 0) is 4.79 Å². The van der Waals surface area contributed by atoms with Gasteiger partial charge in [-0.3, -0.25) is 4.79 Å². The van der Waals surface area contributed by atoms with Gasteiger partial charge in [0.25, 0.3) is 0 Å². The Morgan fingerprint density at radius 3 is 2.83 bits per heavy atom. The van der Waals surface area contributed by atoms with Gasteiger partial charge < -0.3 is 10.2 Å². The minimum Gasteiger partial charge on any atom is -0.355 e. The van der Waals surface area contributed by atoms with E-state index in [4.69, 9.17) is 0 Å². The SMILES string of the molecule is Cc1ccc(C#N)c(N2CCNC(=O)C2(C)C)c1. The fourth-order valence-electron chi connectivity index (χ4n) is 2.28. The van der Waals surface area contributed by atoms with Crippen LogP contribution in [0.3, 0.4) is 0 Å². The summed E-state index contributed by atoms with van der Waals surface area (Å²) in [6.07, 6.45) is 0. The van der Waals surface area contributed by atoms with Gasteiger partial charge in [-0.2, -0.15) is 5.26 Å². The van der Waals surface area contributed by atoms with Gasteiger partial charge in [-0.05, 0) is 38.5 Å². The molecule has 18 heavy (non-hydrogen) atoms. The van der Waals surface area contributed by atoms with E-state index in [1.165, 1.54) is 0 Å². The number of rotatable bonds is 1. The molecule has 1 amide bonds. The largest absolute Gasteiger partial charge is 0.355 e. The van der Waals surface area contributed by atoms with E-state index < -0.39 is 5.54 Å². The summed E-state index contributed by atoms with van der Waals surface area (Å²) in [6.45, 7) is 7.08. The third-order valence-electron chi connectivity index (χ3n) is 3.42. The number of amides is 1. The summed E-state index contributed by atoms with van der Waals surface area (Å²) in [5, 5.41) is 12.1. The van der Waals surface area contributed by atoms with Gasteiger partial charge in [0.2, 0.25) is 5.91 Å². The second kappa shape index (κ2) is 4.34. The zero-order chi connectivity index (χ0) is 13.3. The summed E-state index contributed by atoms with van der Waals surface area (Å²) < 4.78 is 0. The van der Waals surface area contributed by atoms with Gasteiger partial charge >= 0.3 is 0 Å². The highest BCUT2D eigenvalue weighted by Gasteiger charge is 2.38. The lowest BCUT2D eigenvalue weighted by atomic mass is 9.96. The van der Waals surface area contributed by atoms with E-state index in [1.807, 2.05) is 43.9 Å². The van der Waals surface area contributed by atoms with Crippen LogP contribution in [0.25, 0.3) is 0 Å². The van der Waals surface area contributed by atoms with E-state index in [0.717, 1.165) is 17.8 Å². The van der Waals surface area contributed by atoms with Crippen LogP contribution in [-0.4, -0.2) is 24.5 Å². The van der Waals surface area contributed by atoms with E-state index in [1.54, 1.807) is 0 Å². The van der Waals surface area contributed by atoms with Crippen molar-refractivity contribution >= 4 is 11.6 Å². The summed E-state index contributed by atoms with van der Waals surface area (Å²) in [4.78, 5) is 14.0. The van der Waals surface area contributed by atoms with Gasteiger partial charge in [0, 0.05) is 13.1 Å². The topological polar surface area (TPSA) is 56.1 Å². The molecule has 1 aliphatic heterocycles.